The molecule has 2 saturated carbocycles. The van der Waals surface area contributed by atoms with Crippen molar-refractivity contribution in [3.63, 3.8) is 0 Å². The average Bonchev–Trinajstić information content (AvgIpc) is 3.99. The van der Waals surface area contributed by atoms with Gasteiger partial charge in [-0.1, -0.05) is 64.0 Å². The molecule has 6 rings (SSSR count). The molecular formula is C36H47N5O8S. The van der Waals surface area contributed by atoms with Gasteiger partial charge in [-0.15, -0.1) is 0 Å². The molecule has 5 atom stereocenters. The highest BCUT2D eigenvalue weighted by molar-refractivity contribution is 7.91. The van der Waals surface area contributed by atoms with E-state index in [0.717, 1.165) is 23.6 Å². The first-order valence-corrected chi connectivity index (χ1v) is 19.1. The van der Waals surface area contributed by atoms with Crippen molar-refractivity contribution in [3.8, 4) is 5.88 Å². The fourth-order valence-corrected chi connectivity index (χ4v) is 8.02. The van der Waals surface area contributed by atoms with E-state index in [2.05, 4.69) is 20.3 Å². The lowest BCUT2D eigenvalue weighted by Crippen LogP contribution is -2.58. The number of carbonyl (C=O) groups is 4. The van der Waals surface area contributed by atoms with E-state index in [1.165, 1.54) is 4.90 Å². The normalized spacial score (nSPS) is 28.3. The van der Waals surface area contributed by atoms with E-state index < -0.39 is 68.7 Å². The molecule has 50 heavy (non-hydrogen) atoms. The summed E-state index contributed by atoms with van der Waals surface area (Å²) in [6.07, 6.45) is 8.64. The third-order valence-electron chi connectivity index (χ3n) is 9.69. The number of pyridine rings is 1. The Hall–Kier alpha value is -4.20. The number of alkyl carbamates (subject to hydrolysis) is 1. The summed E-state index contributed by atoms with van der Waals surface area (Å²) in [7, 11) is -3.87. The van der Waals surface area contributed by atoms with Crippen LogP contribution in [0.15, 0.2) is 48.7 Å². The molecule has 2 aliphatic carbocycles. The first kappa shape index (κ1) is 35.6. The largest absolute Gasteiger partial charge is 0.472 e. The number of ether oxygens (including phenoxy) is 2. The van der Waals surface area contributed by atoms with E-state index in [9.17, 15) is 27.6 Å². The van der Waals surface area contributed by atoms with Gasteiger partial charge in [0.1, 0.15) is 23.7 Å². The molecule has 0 spiro atoms. The number of sulfonamides is 1. The highest BCUT2D eigenvalue weighted by Gasteiger charge is 2.62. The van der Waals surface area contributed by atoms with Gasteiger partial charge < -0.3 is 25.0 Å². The molecule has 1 aromatic heterocycles. The van der Waals surface area contributed by atoms with Crippen molar-refractivity contribution in [1.82, 2.24) is 25.2 Å². The molecule has 3 fully saturated rings. The molecule has 3 heterocycles. The van der Waals surface area contributed by atoms with Gasteiger partial charge in [-0.05, 0) is 61.5 Å². The summed E-state index contributed by atoms with van der Waals surface area (Å²) in [6, 6.07) is 7.41. The van der Waals surface area contributed by atoms with Crippen LogP contribution in [0.2, 0.25) is 0 Å². The Bertz CT molecular complexity index is 1770. The van der Waals surface area contributed by atoms with Crippen molar-refractivity contribution < 1.29 is 37.1 Å². The second-order valence-corrected chi connectivity index (χ2v) is 17.1. The second kappa shape index (κ2) is 14.2. The molecule has 2 aromatic rings. The van der Waals surface area contributed by atoms with Crippen LogP contribution < -0.4 is 20.1 Å². The number of rotatable bonds is 7. The number of hydrogen-bond acceptors (Lipinski definition) is 9. The third kappa shape index (κ3) is 8.22. The molecule has 4 aliphatic rings. The van der Waals surface area contributed by atoms with Crippen molar-refractivity contribution in [2.75, 3.05) is 13.2 Å². The smallest absolute Gasteiger partial charge is 0.407 e. The van der Waals surface area contributed by atoms with Gasteiger partial charge >= 0.3 is 6.09 Å². The molecule has 13 nitrogen and oxygen atoms in total. The summed E-state index contributed by atoms with van der Waals surface area (Å²) >= 11 is 0. The maximum Gasteiger partial charge on any atom is 0.407 e. The summed E-state index contributed by atoms with van der Waals surface area (Å²) in [5, 5.41) is 6.70. The maximum absolute atomic E-state index is 14.4. The first-order chi connectivity index (χ1) is 23.8. The van der Waals surface area contributed by atoms with E-state index in [1.807, 2.05) is 63.3 Å². The van der Waals surface area contributed by atoms with Gasteiger partial charge in [0.2, 0.25) is 27.7 Å². The van der Waals surface area contributed by atoms with Crippen LogP contribution in [0.1, 0.15) is 78.6 Å². The lowest BCUT2D eigenvalue weighted by Gasteiger charge is -2.30. The van der Waals surface area contributed by atoms with E-state index in [4.69, 9.17) is 9.47 Å². The Kier molecular flexibility index (Phi) is 10.1. The first-order valence-electron chi connectivity index (χ1n) is 17.5. The molecule has 1 aromatic carbocycles. The standard InChI is InChI=1S/C36H47N5O8S/c1-35(2,3)22-48-34(45)38-28-14-8-6-4-5-7-12-24-20-36(24,33(44)40-50(46,47)26-15-16-26)39-30(42)29-19-25(21-41(29)32(28)43)49-31-27-13-10-9-11-23(27)17-18-37-31/h7,9-13,17-18,24-26,28-29H,4-6,8,14-16,19-22H2,1-3H3,(H,38,45)(H,39,42)(H,40,44)/b12-7-/t24-,25+,28-,29-,36+/m0/s1. The van der Waals surface area contributed by atoms with Crippen molar-refractivity contribution in [2.24, 2.45) is 11.3 Å². The summed E-state index contributed by atoms with van der Waals surface area (Å²) in [4.78, 5) is 61.0. The number of nitrogens with zero attached hydrogens (tertiary/aromatic N) is 2. The molecule has 3 N–H and O–H groups in total. The van der Waals surface area contributed by atoms with Gasteiger partial charge in [0.05, 0.1) is 18.4 Å². The Labute approximate surface area is 293 Å². The molecule has 270 valence electrons. The van der Waals surface area contributed by atoms with Crippen molar-refractivity contribution >= 4 is 44.6 Å². The minimum atomic E-state index is -3.87. The van der Waals surface area contributed by atoms with Crippen LogP contribution in [-0.4, -0.2) is 84.2 Å². The molecule has 1 saturated heterocycles. The van der Waals surface area contributed by atoms with Crippen LogP contribution in [0.3, 0.4) is 0 Å². The predicted molar refractivity (Wildman–Crippen MR) is 185 cm³/mol. The van der Waals surface area contributed by atoms with Gasteiger partial charge in [0.15, 0.2) is 0 Å². The average molecular weight is 710 g/mol. The van der Waals surface area contributed by atoms with Crippen molar-refractivity contribution in [1.29, 1.82) is 0 Å². The zero-order chi connectivity index (χ0) is 35.7. The predicted octanol–water partition coefficient (Wildman–Crippen LogP) is 3.73. The lowest BCUT2D eigenvalue weighted by atomic mass is 9.99. The number of benzene rings is 1. The summed E-state index contributed by atoms with van der Waals surface area (Å²) < 4.78 is 39.6. The highest BCUT2D eigenvalue weighted by atomic mass is 32.2. The highest BCUT2D eigenvalue weighted by Crippen LogP contribution is 2.46. The van der Waals surface area contributed by atoms with Crippen LogP contribution in [0.4, 0.5) is 4.79 Å². The topological polar surface area (TPSA) is 173 Å². The van der Waals surface area contributed by atoms with Gasteiger partial charge in [-0.3, -0.25) is 19.1 Å². The van der Waals surface area contributed by atoms with Crippen LogP contribution in [0, 0.1) is 11.3 Å². The third-order valence-corrected chi connectivity index (χ3v) is 11.5. The van der Waals surface area contributed by atoms with Gasteiger partial charge in [-0.2, -0.15) is 0 Å². The summed E-state index contributed by atoms with van der Waals surface area (Å²) in [5.41, 5.74) is -1.76. The van der Waals surface area contributed by atoms with E-state index >= 15 is 0 Å². The van der Waals surface area contributed by atoms with Crippen molar-refractivity contribution in [3.05, 3.63) is 48.7 Å². The van der Waals surface area contributed by atoms with E-state index in [1.54, 1.807) is 6.20 Å². The molecule has 4 amide bonds. The van der Waals surface area contributed by atoms with Crippen molar-refractivity contribution in [2.45, 2.75) is 108 Å². The molecule has 0 bridgehead atoms. The number of aromatic nitrogens is 1. The van der Waals surface area contributed by atoms with Gasteiger partial charge in [-0.25, -0.2) is 18.2 Å². The Morgan fingerprint density at radius 3 is 2.62 bits per heavy atom. The zero-order valence-electron chi connectivity index (χ0n) is 28.9. The number of hydrogen-bond donors (Lipinski definition) is 3. The molecule has 0 unspecified atom stereocenters. The minimum absolute atomic E-state index is 0.0234. The van der Waals surface area contributed by atoms with Gasteiger partial charge in [0.25, 0.3) is 5.91 Å². The molecule has 14 heteroatoms. The maximum atomic E-state index is 14.4. The summed E-state index contributed by atoms with van der Waals surface area (Å²) in [6.45, 7) is 5.97. The number of nitrogens with one attached hydrogen (secondary N) is 3. The van der Waals surface area contributed by atoms with Crippen LogP contribution in [0.5, 0.6) is 5.88 Å². The minimum Gasteiger partial charge on any atom is -0.472 e. The van der Waals surface area contributed by atoms with E-state index in [-0.39, 0.29) is 31.4 Å². The Morgan fingerprint density at radius 2 is 1.86 bits per heavy atom. The molecule has 2 aliphatic heterocycles. The fourth-order valence-electron chi connectivity index (χ4n) is 6.66. The second-order valence-electron chi connectivity index (χ2n) is 15.2. The summed E-state index contributed by atoms with van der Waals surface area (Å²) in [5.74, 6) is -1.89. The Balaban J connectivity index is 1.29. The number of amides is 4. The van der Waals surface area contributed by atoms with Crippen LogP contribution >= 0.6 is 0 Å². The lowest BCUT2D eigenvalue weighted by molar-refractivity contribution is -0.141. The monoisotopic (exact) mass is 709 g/mol. The van der Waals surface area contributed by atoms with Gasteiger partial charge in [0, 0.05) is 23.9 Å². The number of allylic oxidation sites excluding steroid dienone is 1. The van der Waals surface area contributed by atoms with Crippen LogP contribution in [0.25, 0.3) is 10.8 Å². The number of carbonyl (C=O) groups excluding carboxylic acids is 4. The molecular weight excluding hydrogens is 662 g/mol. The SMILES string of the molecule is CC(C)(C)COC(=O)N[C@H]1CCCCC/C=C\[C@H]2C[C@@]2(C(=O)NS(=O)(=O)C2CC2)NC(=O)[C@@H]2C[C@@H](Oc3nccc4ccccc34)CN2C1=O. The zero-order valence-corrected chi connectivity index (χ0v) is 29.7. The fraction of sp³-hybridized carbons (Fsp3) is 0.583. The van der Waals surface area contributed by atoms with Crippen LogP contribution in [-0.2, 0) is 29.1 Å². The molecule has 0 radical (unpaired) electrons. The van der Waals surface area contributed by atoms with E-state index in [0.29, 0.717) is 38.0 Å². The quantitative estimate of drug-likeness (QED) is 0.362. The Morgan fingerprint density at radius 1 is 1.08 bits per heavy atom. The number of fused-ring (bicyclic) bond motifs is 3.